The molecule has 1 aromatic carbocycles. The number of carbonyl (C=O) groups excluding carboxylic acids is 1. The second-order valence-corrected chi connectivity index (χ2v) is 6.67. The predicted molar refractivity (Wildman–Crippen MR) is 91.0 cm³/mol. The van der Waals surface area contributed by atoms with Crippen LogP contribution < -0.4 is 5.32 Å². The van der Waals surface area contributed by atoms with Crippen molar-refractivity contribution in [2.24, 2.45) is 0 Å². The minimum Gasteiger partial charge on any atom is -0.380 e. The van der Waals surface area contributed by atoms with Crippen LogP contribution in [-0.4, -0.2) is 54.7 Å². The van der Waals surface area contributed by atoms with E-state index < -0.39 is 11.6 Å². The minimum atomic E-state index is -0.865. The molecule has 0 radical (unpaired) electrons. The van der Waals surface area contributed by atoms with Gasteiger partial charge in [0.25, 0.3) is 0 Å². The Labute approximate surface area is 146 Å². The molecule has 0 aliphatic carbocycles. The summed E-state index contributed by atoms with van der Waals surface area (Å²) < 4.78 is 26.3. The number of anilines is 1. The van der Waals surface area contributed by atoms with Gasteiger partial charge in [0.05, 0.1) is 6.61 Å². The first-order valence-electron chi connectivity index (χ1n) is 8.99. The van der Waals surface area contributed by atoms with Gasteiger partial charge in [-0.05, 0) is 37.8 Å². The SMILES string of the molecule is O=C(CCN1CCCCO1)N1CCC[C@H](Nc2ccc(F)c(F)c2)C1. The van der Waals surface area contributed by atoms with Crippen LogP contribution in [-0.2, 0) is 9.63 Å². The highest BCUT2D eigenvalue weighted by molar-refractivity contribution is 5.76. The van der Waals surface area contributed by atoms with Gasteiger partial charge >= 0.3 is 0 Å². The van der Waals surface area contributed by atoms with Gasteiger partial charge in [0, 0.05) is 50.4 Å². The lowest BCUT2D eigenvalue weighted by Gasteiger charge is -2.34. The quantitative estimate of drug-likeness (QED) is 0.884. The summed E-state index contributed by atoms with van der Waals surface area (Å²) in [6.07, 6.45) is 4.43. The third kappa shape index (κ3) is 5.12. The number of hydrogen-bond donors (Lipinski definition) is 1. The van der Waals surface area contributed by atoms with Gasteiger partial charge in [0.1, 0.15) is 0 Å². The molecule has 0 spiro atoms. The molecule has 0 aromatic heterocycles. The third-order valence-corrected chi connectivity index (χ3v) is 4.72. The number of halogens is 2. The summed E-state index contributed by atoms with van der Waals surface area (Å²) >= 11 is 0. The molecule has 2 saturated heterocycles. The van der Waals surface area contributed by atoms with E-state index in [2.05, 4.69) is 5.32 Å². The summed E-state index contributed by atoms with van der Waals surface area (Å²) in [5.74, 6) is -1.60. The highest BCUT2D eigenvalue weighted by atomic mass is 19.2. The van der Waals surface area contributed by atoms with Crippen molar-refractivity contribution in [3.05, 3.63) is 29.8 Å². The maximum absolute atomic E-state index is 13.3. The number of likely N-dealkylation sites (tertiary alicyclic amines) is 1. The van der Waals surface area contributed by atoms with E-state index in [1.807, 2.05) is 9.96 Å². The lowest BCUT2D eigenvalue weighted by Crippen LogP contribution is -2.46. The lowest BCUT2D eigenvalue weighted by atomic mass is 10.0. The van der Waals surface area contributed by atoms with Crippen molar-refractivity contribution in [2.45, 2.75) is 38.1 Å². The first-order chi connectivity index (χ1) is 12.1. The first kappa shape index (κ1) is 18.1. The summed E-state index contributed by atoms with van der Waals surface area (Å²) in [6, 6.07) is 3.84. The van der Waals surface area contributed by atoms with Crippen LogP contribution in [0.25, 0.3) is 0 Å². The van der Waals surface area contributed by atoms with Crippen LogP contribution in [0.4, 0.5) is 14.5 Å². The van der Waals surface area contributed by atoms with Gasteiger partial charge in [-0.25, -0.2) is 8.78 Å². The number of benzene rings is 1. The number of hydroxylamine groups is 2. The fourth-order valence-electron chi connectivity index (χ4n) is 3.35. The predicted octanol–water partition coefficient (Wildman–Crippen LogP) is 2.79. The number of hydrogen-bond acceptors (Lipinski definition) is 4. The molecule has 7 heteroatoms. The Morgan fingerprint density at radius 2 is 2.08 bits per heavy atom. The van der Waals surface area contributed by atoms with Crippen molar-refractivity contribution in [3.63, 3.8) is 0 Å². The highest BCUT2D eigenvalue weighted by Crippen LogP contribution is 2.19. The second-order valence-electron chi connectivity index (χ2n) is 6.67. The van der Waals surface area contributed by atoms with E-state index in [0.717, 1.165) is 57.5 Å². The van der Waals surface area contributed by atoms with Gasteiger partial charge in [-0.3, -0.25) is 9.63 Å². The lowest BCUT2D eigenvalue weighted by molar-refractivity contribution is -0.182. The Morgan fingerprint density at radius 3 is 2.84 bits per heavy atom. The second kappa shape index (κ2) is 8.58. The van der Waals surface area contributed by atoms with Gasteiger partial charge < -0.3 is 10.2 Å². The maximum Gasteiger partial charge on any atom is 0.224 e. The maximum atomic E-state index is 13.3. The van der Waals surface area contributed by atoms with Crippen molar-refractivity contribution >= 4 is 11.6 Å². The molecule has 1 atom stereocenters. The zero-order chi connectivity index (χ0) is 17.6. The number of carbonyl (C=O) groups is 1. The summed E-state index contributed by atoms with van der Waals surface area (Å²) in [5, 5.41) is 5.08. The topological polar surface area (TPSA) is 44.8 Å². The molecular formula is C18H25F2N3O2. The normalized spacial score (nSPS) is 22.0. The summed E-state index contributed by atoms with van der Waals surface area (Å²) in [4.78, 5) is 19.8. The molecule has 0 unspecified atom stereocenters. The van der Waals surface area contributed by atoms with Crippen molar-refractivity contribution < 1.29 is 18.4 Å². The Bertz CT molecular complexity index is 594. The van der Waals surface area contributed by atoms with E-state index in [9.17, 15) is 13.6 Å². The van der Waals surface area contributed by atoms with Crippen LogP contribution in [0.2, 0.25) is 0 Å². The van der Waals surface area contributed by atoms with E-state index in [-0.39, 0.29) is 11.9 Å². The average Bonchev–Trinajstić information content (AvgIpc) is 2.64. The molecule has 138 valence electrons. The highest BCUT2D eigenvalue weighted by Gasteiger charge is 2.24. The number of piperidine rings is 1. The van der Waals surface area contributed by atoms with E-state index in [1.54, 1.807) is 0 Å². The fourth-order valence-corrected chi connectivity index (χ4v) is 3.35. The van der Waals surface area contributed by atoms with Gasteiger partial charge in [0.2, 0.25) is 5.91 Å². The smallest absolute Gasteiger partial charge is 0.224 e. The molecule has 0 bridgehead atoms. The van der Waals surface area contributed by atoms with Gasteiger partial charge in [-0.15, -0.1) is 0 Å². The van der Waals surface area contributed by atoms with Crippen LogP contribution in [0.3, 0.4) is 0 Å². The Kier molecular flexibility index (Phi) is 6.20. The van der Waals surface area contributed by atoms with E-state index in [1.165, 1.54) is 6.07 Å². The van der Waals surface area contributed by atoms with Crippen LogP contribution in [0.1, 0.15) is 32.1 Å². The number of nitrogens with one attached hydrogen (secondary N) is 1. The van der Waals surface area contributed by atoms with E-state index in [0.29, 0.717) is 25.2 Å². The zero-order valence-corrected chi connectivity index (χ0v) is 14.3. The monoisotopic (exact) mass is 353 g/mol. The molecule has 2 fully saturated rings. The van der Waals surface area contributed by atoms with Gasteiger partial charge in [-0.2, -0.15) is 5.06 Å². The molecule has 1 amide bonds. The summed E-state index contributed by atoms with van der Waals surface area (Å²) in [7, 11) is 0. The molecule has 25 heavy (non-hydrogen) atoms. The average molecular weight is 353 g/mol. The van der Waals surface area contributed by atoms with Crippen LogP contribution in [0, 0.1) is 11.6 Å². The largest absolute Gasteiger partial charge is 0.380 e. The van der Waals surface area contributed by atoms with E-state index >= 15 is 0 Å². The van der Waals surface area contributed by atoms with Crippen LogP contribution in [0.15, 0.2) is 18.2 Å². The first-order valence-corrected chi connectivity index (χ1v) is 8.99. The third-order valence-electron chi connectivity index (χ3n) is 4.72. The van der Waals surface area contributed by atoms with E-state index in [4.69, 9.17) is 4.84 Å². The molecule has 2 aliphatic rings. The molecule has 1 N–H and O–H groups in total. The Hall–Kier alpha value is -1.73. The number of rotatable bonds is 5. The Morgan fingerprint density at radius 1 is 1.20 bits per heavy atom. The van der Waals surface area contributed by atoms with Crippen molar-refractivity contribution in [1.82, 2.24) is 9.96 Å². The molecule has 3 rings (SSSR count). The van der Waals surface area contributed by atoms with Crippen LogP contribution >= 0.6 is 0 Å². The molecular weight excluding hydrogens is 328 g/mol. The summed E-state index contributed by atoms with van der Waals surface area (Å²) in [6.45, 7) is 3.57. The molecule has 0 saturated carbocycles. The zero-order valence-electron chi connectivity index (χ0n) is 14.3. The van der Waals surface area contributed by atoms with Crippen molar-refractivity contribution in [2.75, 3.05) is 38.1 Å². The molecule has 5 nitrogen and oxygen atoms in total. The molecule has 2 aliphatic heterocycles. The van der Waals surface area contributed by atoms with Crippen LogP contribution in [0.5, 0.6) is 0 Å². The summed E-state index contributed by atoms with van der Waals surface area (Å²) in [5.41, 5.74) is 0.542. The minimum absolute atomic E-state index is 0.0498. The van der Waals surface area contributed by atoms with Crippen molar-refractivity contribution in [1.29, 1.82) is 0 Å². The number of amides is 1. The fraction of sp³-hybridized carbons (Fsp3) is 0.611. The van der Waals surface area contributed by atoms with Gasteiger partial charge in [-0.1, -0.05) is 0 Å². The standard InChI is InChI=1S/C18H25F2N3O2/c19-16-6-5-14(12-17(16)20)21-15-4-3-8-22(13-15)18(24)7-10-23-9-1-2-11-25-23/h5-6,12,15,21H,1-4,7-11,13H2/t15-/m0/s1. The van der Waals surface area contributed by atoms with Gasteiger partial charge in [0.15, 0.2) is 11.6 Å². The number of nitrogens with zero attached hydrogens (tertiary/aromatic N) is 2. The Balaban J connectivity index is 1.48. The molecule has 1 aromatic rings. The molecule has 2 heterocycles. The van der Waals surface area contributed by atoms with Crippen molar-refractivity contribution in [3.8, 4) is 0 Å².